The Hall–Kier alpha value is -2.55. The summed E-state index contributed by atoms with van der Waals surface area (Å²) in [6.45, 7) is -0.736. The van der Waals surface area contributed by atoms with Gasteiger partial charge in [0.1, 0.15) is 6.61 Å². The Bertz CT molecular complexity index is 1180. The van der Waals surface area contributed by atoms with Crippen LogP contribution in [0.25, 0.3) is 11.4 Å². The van der Waals surface area contributed by atoms with E-state index in [1.54, 1.807) is 18.5 Å². The monoisotopic (exact) mass is 694 g/mol. The van der Waals surface area contributed by atoms with Crippen molar-refractivity contribution < 1.29 is 57.8 Å². The van der Waals surface area contributed by atoms with E-state index in [9.17, 15) is 48.3 Å². The number of halogens is 11. The molecule has 47 heavy (non-hydrogen) atoms. The molecule has 1 aromatic carbocycles. The van der Waals surface area contributed by atoms with Crippen LogP contribution in [0.15, 0.2) is 36.7 Å². The lowest BCUT2D eigenvalue weighted by molar-refractivity contribution is -0.501. The van der Waals surface area contributed by atoms with Gasteiger partial charge >= 0.3 is 30.2 Å². The summed E-state index contributed by atoms with van der Waals surface area (Å²) < 4.78 is 149. The molecule has 0 aliphatic rings. The lowest BCUT2D eigenvalue weighted by Crippen LogP contribution is -2.60. The number of alkyl halides is 11. The van der Waals surface area contributed by atoms with Crippen LogP contribution >= 0.6 is 0 Å². The van der Waals surface area contributed by atoms with Gasteiger partial charge in [0.15, 0.2) is 5.82 Å². The summed E-state index contributed by atoms with van der Waals surface area (Å²) in [6.07, 6.45) is -4.42. The number of rotatable bonds is 23. The first kappa shape index (κ1) is 40.6. The highest BCUT2D eigenvalue weighted by molar-refractivity contribution is 5.57. The molecule has 0 radical (unpaired) electrons. The van der Waals surface area contributed by atoms with Crippen LogP contribution in [-0.4, -0.2) is 53.4 Å². The average Bonchev–Trinajstić information content (AvgIpc) is 2.99. The zero-order valence-corrected chi connectivity index (χ0v) is 26.1. The van der Waals surface area contributed by atoms with Gasteiger partial charge in [0.05, 0.1) is 0 Å². The summed E-state index contributed by atoms with van der Waals surface area (Å²) in [5.41, 5.74) is 3.19. The maximum atomic E-state index is 13.8. The van der Waals surface area contributed by atoms with Crippen LogP contribution < -0.4 is 0 Å². The van der Waals surface area contributed by atoms with E-state index in [-0.39, 0.29) is 6.42 Å². The van der Waals surface area contributed by atoms with Crippen molar-refractivity contribution in [2.75, 3.05) is 13.2 Å². The number of ether oxygens (including phenoxy) is 2. The van der Waals surface area contributed by atoms with Crippen molar-refractivity contribution >= 4 is 0 Å². The molecule has 2 rings (SSSR count). The number of hydrogen-bond acceptors (Lipinski definition) is 4. The van der Waals surface area contributed by atoms with E-state index in [0.717, 1.165) is 36.8 Å². The standard InChI is InChI=1S/C32H41F11N2O2/c1-2-3-4-5-6-7-8-12-16-25-22-26(27-44-19-14-20-45-27)18-17-24(25)15-11-9-10-13-21-46-23-28(33,34)29(35,36)31(40,41)47-32(42,43)30(37,38)39/h14,17-20,22H,2-13,15-16,21,23H2,1H3. The second-order valence-corrected chi connectivity index (χ2v) is 11.4. The van der Waals surface area contributed by atoms with Gasteiger partial charge in [-0.05, 0) is 55.4 Å². The topological polar surface area (TPSA) is 44.2 Å². The first-order valence-corrected chi connectivity index (χ1v) is 15.7. The maximum Gasteiger partial charge on any atom is 0.483 e. The fourth-order valence-electron chi connectivity index (χ4n) is 4.80. The summed E-state index contributed by atoms with van der Waals surface area (Å²) in [7, 11) is 0. The molecule has 0 atom stereocenters. The number of aryl methyl sites for hydroxylation is 2. The third-order valence-corrected chi connectivity index (χ3v) is 7.51. The molecule has 2 aromatic rings. The van der Waals surface area contributed by atoms with Crippen molar-refractivity contribution in [3.8, 4) is 11.4 Å². The largest absolute Gasteiger partial charge is 0.483 e. The zero-order valence-electron chi connectivity index (χ0n) is 26.1. The fraction of sp³-hybridized carbons (Fsp3) is 0.688. The molecule has 15 heteroatoms. The normalized spacial score (nSPS) is 13.4. The number of aromatic nitrogens is 2. The molecule has 0 saturated carbocycles. The van der Waals surface area contributed by atoms with Gasteiger partial charge in [-0.1, -0.05) is 76.8 Å². The van der Waals surface area contributed by atoms with Crippen molar-refractivity contribution in [3.05, 3.63) is 47.8 Å². The van der Waals surface area contributed by atoms with E-state index in [1.165, 1.54) is 37.7 Å². The molecule has 4 nitrogen and oxygen atoms in total. The fourth-order valence-corrected chi connectivity index (χ4v) is 4.80. The Morgan fingerprint density at radius 1 is 0.617 bits per heavy atom. The smallest absolute Gasteiger partial charge is 0.375 e. The average molecular weight is 695 g/mol. The van der Waals surface area contributed by atoms with E-state index in [4.69, 9.17) is 0 Å². The first-order chi connectivity index (χ1) is 22.0. The van der Waals surface area contributed by atoms with E-state index in [2.05, 4.69) is 27.7 Å². The lowest BCUT2D eigenvalue weighted by atomic mass is 9.94. The molecule has 0 saturated heterocycles. The van der Waals surface area contributed by atoms with Crippen LogP contribution in [0.3, 0.4) is 0 Å². The molecule has 0 N–H and O–H groups in total. The molecule has 0 amide bonds. The van der Waals surface area contributed by atoms with Gasteiger partial charge in [0.2, 0.25) is 0 Å². The van der Waals surface area contributed by atoms with Gasteiger partial charge in [0, 0.05) is 24.6 Å². The van der Waals surface area contributed by atoms with E-state index >= 15 is 0 Å². The number of unbranched alkanes of at least 4 members (excludes halogenated alkanes) is 10. The Kier molecular flexibility index (Phi) is 15.8. The summed E-state index contributed by atoms with van der Waals surface area (Å²) in [5.74, 6) is -11.9. The predicted octanol–water partition coefficient (Wildman–Crippen LogP) is 11.0. The van der Waals surface area contributed by atoms with Gasteiger partial charge in [0.25, 0.3) is 0 Å². The van der Waals surface area contributed by atoms with Crippen LogP contribution in [0.2, 0.25) is 0 Å². The number of hydrogen-bond donors (Lipinski definition) is 0. The quantitative estimate of drug-likeness (QED) is 0.0858. The van der Waals surface area contributed by atoms with Crippen LogP contribution in [0, 0.1) is 0 Å². The van der Waals surface area contributed by atoms with Crippen LogP contribution in [-0.2, 0) is 22.3 Å². The first-order valence-electron chi connectivity index (χ1n) is 15.7. The predicted molar refractivity (Wildman–Crippen MR) is 154 cm³/mol. The Labute approximate surface area is 267 Å². The second kappa shape index (κ2) is 18.3. The van der Waals surface area contributed by atoms with Crippen molar-refractivity contribution in [2.24, 2.45) is 0 Å². The maximum absolute atomic E-state index is 13.8. The minimum atomic E-state index is -6.86. The van der Waals surface area contributed by atoms with E-state index in [1.807, 2.05) is 16.9 Å². The third-order valence-electron chi connectivity index (χ3n) is 7.51. The highest BCUT2D eigenvalue weighted by Crippen LogP contribution is 2.50. The Morgan fingerprint density at radius 3 is 1.72 bits per heavy atom. The van der Waals surface area contributed by atoms with Gasteiger partial charge in [-0.3, -0.25) is 0 Å². The molecular weight excluding hydrogens is 653 g/mol. The van der Waals surface area contributed by atoms with Gasteiger partial charge in [-0.25, -0.2) is 14.7 Å². The van der Waals surface area contributed by atoms with E-state index in [0.29, 0.717) is 31.5 Å². The molecular formula is C32H41F11N2O2. The summed E-state index contributed by atoms with van der Waals surface area (Å²) in [4.78, 5) is 8.63. The third kappa shape index (κ3) is 12.4. The molecule has 268 valence electrons. The van der Waals surface area contributed by atoms with Gasteiger partial charge < -0.3 is 4.74 Å². The van der Waals surface area contributed by atoms with Gasteiger partial charge in [-0.15, -0.1) is 0 Å². The molecule has 0 aliphatic heterocycles. The highest BCUT2D eigenvalue weighted by atomic mass is 19.4. The SMILES string of the molecule is CCCCCCCCCCc1cc(-c2ncccn2)ccc1CCCCCCOCC(F)(F)C(F)(F)C(F)(F)OC(F)(F)C(F)(F)F. The molecule has 0 spiro atoms. The molecule has 1 aromatic heterocycles. The summed E-state index contributed by atoms with van der Waals surface area (Å²) >= 11 is 0. The molecule has 0 fully saturated rings. The number of nitrogens with zero attached hydrogens (tertiary/aromatic N) is 2. The van der Waals surface area contributed by atoms with Crippen LogP contribution in [0.5, 0.6) is 0 Å². The Morgan fingerprint density at radius 2 is 1.15 bits per heavy atom. The Balaban J connectivity index is 1.83. The number of benzene rings is 1. The molecule has 0 bridgehead atoms. The van der Waals surface area contributed by atoms with Crippen LogP contribution in [0.1, 0.15) is 95.1 Å². The summed E-state index contributed by atoms with van der Waals surface area (Å²) in [6, 6.07) is 7.76. The minimum absolute atomic E-state index is 0.0795. The van der Waals surface area contributed by atoms with Crippen LogP contribution in [0.4, 0.5) is 48.3 Å². The molecule has 1 heterocycles. The second-order valence-electron chi connectivity index (χ2n) is 11.4. The minimum Gasteiger partial charge on any atom is -0.375 e. The summed E-state index contributed by atoms with van der Waals surface area (Å²) in [5, 5.41) is 0. The lowest BCUT2D eigenvalue weighted by Gasteiger charge is -2.34. The highest BCUT2D eigenvalue weighted by Gasteiger charge is 2.77. The molecule has 0 unspecified atom stereocenters. The van der Waals surface area contributed by atoms with Crippen molar-refractivity contribution in [3.63, 3.8) is 0 Å². The zero-order chi connectivity index (χ0) is 35.2. The van der Waals surface area contributed by atoms with Gasteiger partial charge in [-0.2, -0.15) is 48.3 Å². The van der Waals surface area contributed by atoms with Crippen molar-refractivity contribution in [2.45, 2.75) is 127 Å². The van der Waals surface area contributed by atoms with E-state index < -0.39 is 43.5 Å². The van der Waals surface area contributed by atoms with Crippen molar-refractivity contribution in [1.82, 2.24) is 9.97 Å². The molecule has 0 aliphatic carbocycles. The van der Waals surface area contributed by atoms with Crippen molar-refractivity contribution in [1.29, 1.82) is 0 Å².